The zero-order chi connectivity index (χ0) is 20.0. The van der Waals surface area contributed by atoms with Gasteiger partial charge in [-0.15, -0.1) is 0 Å². The van der Waals surface area contributed by atoms with Gasteiger partial charge in [0.15, 0.2) is 6.10 Å². The standard InChI is InChI=1S/C23H17NO5/c1-13-11-12-17(27-13)18-19-20(15-9-5-6-10-16(15)28-23(19)26)29-21(18)22(25)24-14-7-3-2-4-8-14/h2-12,18,21H,1H3,(H,24,25)/t18-,21-/m0/s1. The van der Waals surface area contributed by atoms with Crippen molar-refractivity contribution in [3.63, 3.8) is 0 Å². The number of carbonyl (C=O) groups is 1. The van der Waals surface area contributed by atoms with Crippen LogP contribution < -0.4 is 15.7 Å². The molecule has 6 heteroatoms. The van der Waals surface area contributed by atoms with Crippen molar-refractivity contribution in [2.24, 2.45) is 0 Å². The second-order valence-electron chi connectivity index (χ2n) is 6.95. The van der Waals surface area contributed by atoms with E-state index in [0.717, 1.165) is 0 Å². The molecular formula is C23H17NO5. The molecule has 0 spiro atoms. The molecule has 0 radical (unpaired) electrons. The Morgan fingerprint density at radius 3 is 2.45 bits per heavy atom. The predicted molar refractivity (Wildman–Crippen MR) is 107 cm³/mol. The van der Waals surface area contributed by atoms with Crippen molar-refractivity contribution in [3.05, 3.63) is 94.2 Å². The number of para-hydroxylation sites is 2. The Kier molecular flexibility index (Phi) is 3.98. The number of anilines is 1. The number of carbonyl (C=O) groups excluding carboxylic acids is 1. The monoisotopic (exact) mass is 387 g/mol. The number of hydrogen-bond acceptors (Lipinski definition) is 5. The number of fused-ring (bicyclic) bond motifs is 3. The van der Waals surface area contributed by atoms with E-state index >= 15 is 0 Å². The van der Waals surface area contributed by atoms with E-state index in [1.54, 1.807) is 42.5 Å². The van der Waals surface area contributed by atoms with Crippen LogP contribution in [0, 0.1) is 6.92 Å². The fourth-order valence-corrected chi connectivity index (χ4v) is 3.73. The summed E-state index contributed by atoms with van der Waals surface area (Å²) in [5.41, 5.74) is 0.817. The normalized spacial score (nSPS) is 17.7. The lowest BCUT2D eigenvalue weighted by atomic mass is 9.93. The second kappa shape index (κ2) is 6.67. The van der Waals surface area contributed by atoms with Gasteiger partial charge in [-0.3, -0.25) is 4.79 Å². The first-order chi connectivity index (χ1) is 14.1. The van der Waals surface area contributed by atoms with Crippen LogP contribution in [0.3, 0.4) is 0 Å². The van der Waals surface area contributed by atoms with Crippen molar-refractivity contribution >= 4 is 22.6 Å². The van der Waals surface area contributed by atoms with Crippen LogP contribution in [-0.4, -0.2) is 12.0 Å². The van der Waals surface area contributed by atoms with Gasteiger partial charge in [0.05, 0.1) is 16.9 Å². The van der Waals surface area contributed by atoms with Crippen LogP contribution in [0.1, 0.15) is 23.0 Å². The summed E-state index contributed by atoms with van der Waals surface area (Å²) < 4.78 is 17.4. The maximum atomic E-state index is 13.1. The molecule has 0 unspecified atom stereocenters. The third-order valence-corrected chi connectivity index (χ3v) is 5.02. The summed E-state index contributed by atoms with van der Waals surface area (Å²) in [7, 11) is 0. The molecule has 2 aromatic carbocycles. The molecular weight excluding hydrogens is 370 g/mol. The molecule has 29 heavy (non-hydrogen) atoms. The number of hydrogen-bond donors (Lipinski definition) is 1. The Hall–Kier alpha value is -3.80. The predicted octanol–water partition coefficient (Wildman–Crippen LogP) is 4.23. The molecule has 0 saturated heterocycles. The van der Waals surface area contributed by atoms with Gasteiger partial charge < -0.3 is 18.9 Å². The van der Waals surface area contributed by atoms with Gasteiger partial charge in [0.25, 0.3) is 5.91 Å². The minimum absolute atomic E-state index is 0.297. The summed E-state index contributed by atoms with van der Waals surface area (Å²) in [4.78, 5) is 25.9. The topological polar surface area (TPSA) is 81.7 Å². The highest BCUT2D eigenvalue weighted by Crippen LogP contribution is 2.44. The Morgan fingerprint density at radius 1 is 0.931 bits per heavy atom. The summed E-state index contributed by atoms with van der Waals surface area (Å²) in [6.45, 7) is 1.81. The van der Waals surface area contributed by atoms with E-state index in [1.165, 1.54) is 0 Å². The highest BCUT2D eigenvalue weighted by Gasteiger charge is 2.45. The van der Waals surface area contributed by atoms with Crippen LogP contribution in [0.4, 0.5) is 5.69 Å². The second-order valence-corrected chi connectivity index (χ2v) is 6.95. The quantitative estimate of drug-likeness (QED) is 0.532. The van der Waals surface area contributed by atoms with E-state index in [2.05, 4.69) is 5.32 Å². The number of ether oxygens (including phenoxy) is 1. The first kappa shape index (κ1) is 17.3. The lowest BCUT2D eigenvalue weighted by Crippen LogP contribution is -2.35. The van der Waals surface area contributed by atoms with Crippen LogP contribution in [0.25, 0.3) is 11.0 Å². The van der Waals surface area contributed by atoms with Gasteiger partial charge in [-0.1, -0.05) is 30.3 Å². The molecule has 1 N–H and O–H groups in total. The van der Waals surface area contributed by atoms with Crippen molar-refractivity contribution < 1.29 is 18.4 Å². The SMILES string of the molecule is Cc1ccc([C@H]2c3c(c4ccccc4oc3=O)O[C@@H]2C(=O)Nc2ccccc2)o1. The zero-order valence-corrected chi connectivity index (χ0v) is 15.5. The van der Waals surface area contributed by atoms with E-state index in [4.69, 9.17) is 13.6 Å². The molecule has 4 aromatic rings. The lowest BCUT2D eigenvalue weighted by Gasteiger charge is -2.16. The van der Waals surface area contributed by atoms with Gasteiger partial charge in [0.2, 0.25) is 0 Å². The average molecular weight is 387 g/mol. The number of rotatable bonds is 3. The molecule has 2 aromatic heterocycles. The molecule has 0 fully saturated rings. The highest BCUT2D eigenvalue weighted by molar-refractivity contribution is 5.97. The van der Waals surface area contributed by atoms with Gasteiger partial charge in [-0.05, 0) is 43.3 Å². The Morgan fingerprint density at radius 2 is 1.69 bits per heavy atom. The first-order valence-electron chi connectivity index (χ1n) is 9.26. The molecule has 0 aliphatic carbocycles. The number of benzene rings is 2. The van der Waals surface area contributed by atoms with Gasteiger partial charge in [-0.25, -0.2) is 4.79 Å². The summed E-state index contributed by atoms with van der Waals surface area (Å²) in [6, 6.07) is 19.8. The van der Waals surface area contributed by atoms with Crippen LogP contribution in [0.5, 0.6) is 5.75 Å². The molecule has 6 nitrogen and oxygen atoms in total. The molecule has 2 atom stereocenters. The lowest BCUT2D eigenvalue weighted by molar-refractivity contribution is -0.122. The average Bonchev–Trinajstić information content (AvgIpc) is 3.33. The summed E-state index contributed by atoms with van der Waals surface area (Å²) in [6.07, 6.45) is -0.968. The molecule has 1 aliphatic rings. The van der Waals surface area contributed by atoms with Gasteiger partial charge >= 0.3 is 5.63 Å². The van der Waals surface area contributed by atoms with E-state index in [-0.39, 0.29) is 5.91 Å². The smallest absolute Gasteiger partial charge is 0.344 e. The van der Waals surface area contributed by atoms with E-state index in [0.29, 0.717) is 39.5 Å². The van der Waals surface area contributed by atoms with Gasteiger partial charge in [0, 0.05) is 5.69 Å². The summed E-state index contributed by atoms with van der Waals surface area (Å²) in [5, 5.41) is 3.50. The molecule has 0 saturated carbocycles. The molecule has 3 heterocycles. The fourth-order valence-electron chi connectivity index (χ4n) is 3.73. The zero-order valence-electron chi connectivity index (χ0n) is 15.5. The maximum Gasteiger partial charge on any atom is 0.344 e. The number of amides is 1. The van der Waals surface area contributed by atoms with E-state index < -0.39 is 17.6 Å². The minimum atomic E-state index is -0.968. The minimum Gasteiger partial charge on any atom is -0.478 e. The fraction of sp³-hybridized carbons (Fsp3) is 0.130. The van der Waals surface area contributed by atoms with Gasteiger partial charge in [-0.2, -0.15) is 0 Å². The third kappa shape index (κ3) is 2.89. The number of aryl methyl sites for hydroxylation is 1. The van der Waals surface area contributed by atoms with Crippen LogP contribution in [-0.2, 0) is 4.79 Å². The Labute approximate surface area is 165 Å². The summed E-state index contributed by atoms with van der Waals surface area (Å²) in [5.74, 6) is 0.459. The first-order valence-corrected chi connectivity index (χ1v) is 9.26. The molecule has 0 bridgehead atoms. The maximum absolute atomic E-state index is 13.1. The van der Waals surface area contributed by atoms with E-state index in [9.17, 15) is 9.59 Å². The van der Waals surface area contributed by atoms with Crippen LogP contribution in [0.15, 0.2) is 80.4 Å². The van der Waals surface area contributed by atoms with Crippen molar-refractivity contribution in [3.8, 4) is 5.75 Å². The number of furan rings is 1. The molecule has 1 amide bonds. The molecule has 1 aliphatic heterocycles. The van der Waals surface area contributed by atoms with Crippen LogP contribution >= 0.6 is 0 Å². The highest BCUT2D eigenvalue weighted by atomic mass is 16.5. The van der Waals surface area contributed by atoms with Gasteiger partial charge in [0.1, 0.15) is 22.9 Å². The molecule has 144 valence electrons. The third-order valence-electron chi connectivity index (χ3n) is 5.02. The molecule has 5 rings (SSSR count). The largest absolute Gasteiger partial charge is 0.478 e. The number of nitrogens with one attached hydrogen (secondary N) is 1. The van der Waals surface area contributed by atoms with Crippen molar-refractivity contribution in [2.45, 2.75) is 18.9 Å². The van der Waals surface area contributed by atoms with Crippen molar-refractivity contribution in [1.82, 2.24) is 0 Å². The summed E-state index contributed by atoms with van der Waals surface area (Å²) >= 11 is 0. The Bertz CT molecular complexity index is 1270. The van der Waals surface area contributed by atoms with Crippen molar-refractivity contribution in [2.75, 3.05) is 5.32 Å². The van der Waals surface area contributed by atoms with Crippen LogP contribution in [0.2, 0.25) is 0 Å². The Balaban J connectivity index is 1.64. The van der Waals surface area contributed by atoms with Crippen molar-refractivity contribution in [1.29, 1.82) is 0 Å². The van der Waals surface area contributed by atoms with E-state index in [1.807, 2.05) is 31.2 Å².